The van der Waals surface area contributed by atoms with Gasteiger partial charge in [-0.1, -0.05) is 0 Å². The summed E-state index contributed by atoms with van der Waals surface area (Å²) >= 11 is 4.07. The second-order valence-corrected chi connectivity index (χ2v) is 6.09. The molecule has 18 heavy (non-hydrogen) atoms. The van der Waals surface area contributed by atoms with Gasteiger partial charge in [0.05, 0.1) is 22.4 Å². The molecule has 0 radical (unpaired) electrons. The highest BCUT2D eigenvalue weighted by atomic mass is 79.9. The summed E-state index contributed by atoms with van der Waals surface area (Å²) in [7, 11) is 0. The van der Waals surface area contributed by atoms with Crippen LogP contribution in [0.5, 0.6) is 0 Å². The largest absolute Gasteiger partial charge is 0.395 e. The van der Waals surface area contributed by atoms with E-state index in [1.807, 2.05) is 0 Å². The zero-order valence-electron chi connectivity index (χ0n) is 8.99. The molecular weight excluding hydrogens is 328 g/mol. The summed E-state index contributed by atoms with van der Waals surface area (Å²) < 4.78 is 1.27. The molecule has 1 saturated heterocycles. The van der Waals surface area contributed by atoms with E-state index < -0.39 is 34.1 Å². The van der Waals surface area contributed by atoms with Crippen LogP contribution in [0.4, 0.5) is 0 Å². The van der Waals surface area contributed by atoms with Gasteiger partial charge in [0.25, 0.3) is 5.56 Å². The van der Waals surface area contributed by atoms with Crippen LogP contribution >= 0.6 is 27.7 Å². The fraction of sp³-hybridized carbons (Fsp3) is 0.556. The smallest absolute Gasteiger partial charge is 0.329 e. The first-order valence-corrected chi connectivity index (χ1v) is 6.82. The van der Waals surface area contributed by atoms with Crippen LogP contribution in [0.25, 0.3) is 0 Å². The predicted molar refractivity (Wildman–Crippen MR) is 68.5 cm³/mol. The monoisotopic (exact) mass is 338 g/mol. The Morgan fingerprint density at radius 3 is 2.61 bits per heavy atom. The molecule has 100 valence electrons. The number of nitrogens with one attached hydrogen (secondary N) is 1. The van der Waals surface area contributed by atoms with Crippen molar-refractivity contribution < 1.29 is 15.3 Å². The van der Waals surface area contributed by atoms with Gasteiger partial charge in [-0.2, -0.15) is 0 Å². The zero-order valence-corrected chi connectivity index (χ0v) is 11.4. The maximum atomic E-state index is 11.6. The summed E-state index contributed by atoms with van der Waals surface area (Å²) in [5, 5.41) is 27.2. The molecule has 1 unspecified atom stereocenters. The van der Waals surface area contributed by atoms with Crippen LogP contribution in [0.2, 0.25) is 0 Å². The number of aliphatic hydroxyl groups excluding tert-OH is 3. The zero-order chi connectivity index (χ0) is 13.4. The average molecular weight is 339 g/mol. The lowest BCUT2D eigenvalue weighted by atomic mass is 10.1. The van der Waals surface area contributed by atoms with Gasteiger partial charge in [-0.3, -0.25) is 14.3 Å². The van der Waals surface area contributed by atoms with Crippen LogP contribution in [0.1, 0.15) is 5.37 Å². The van der Waals surface area contributed by atoms with Crippen LogP contribution < -0.4 is 11.2 Å². The van der Waals surface area contributed by atoms with Crippen LogP contribution in [-0.2, 0) is 0 Å². The number of hydrogen-bond donors (Lipinski definition) is 4. The number of aromatic nitrogens is 2. The summed E-state index contributed by atoms with van der Waals surface area (Å²) in [5.74, 6) is 0. The van der Waals surface area contributed by atoms with Crippen LogP contribution in [0, 0.1) is 0 Å². The second kappa shape index (κ2) is 5.17. The van der Waals surface area contributed by atoms with E-state index in [1.165, 1.54) is 6.20 Å². The predicted octanol–water partition coefficient (Wildman–Crippen LogP) is -1.37. The van der Waals surface area contributed by atoms with Gasteiger partial charge in [0.15, 0.2) is 0 Å². The highest BCUT2D eigenvalue weighted by molar-refractivity contribution is 9.10. The maximum Gasteiger partial charge on any atom is 0.329 e. The lowest BCUT2D eigenvalue weighted by Crippen LogP contribution is -2.37. The van der Waals surface area contributed by atoms with E-state index in [0.29, 0.717) is 0 Å². The molecule has 2 heterocycles. The minimum atomic E-state index is -1.19. The Hall–Kier alpha value is -0.610. The topological polar surface area (TPSA) is 116 Å². The van der Waals surface area contributed by atoms with Gasteiger partial charge in [0.1, 0.15) is 11.5 Å². The molecule has 1 aliphatic heterocycles. The molecule has 1 fully saturated rings. The molecule has 2 rings (SSSR count). The minimum Gasteiger partial charge on any atom is -0.395 e. The quantitative estimate of drug-likeness (QED) is 0.528. The van der Waals surface area contributed by atoms with E-state index in [9.17, 15) is 19.8 Å². The van der Waals surface area contributed by atoms with E-state index in [1.54, 1.807) is 0 Å². The van der Waals surface area contributed by atoms with Gasteiger partial charge in [0.2, 0.25) is 0 Å². The van der Waals surface area contributed by atoms with Crippen LogP contribution in [0.3, 0.4) is 0 Å². The number of aliphatic hydroxyl groups is 3. The Kier molecular flexibility index (Phi) is 3.97. The fourth-order valence-corrected chi connectivity index (χ4v) is 3.46. The van der Waals surface area contributed by atoms with Gasteiger partial charge in [-0.05, 0) is 15.9 Å². The minimum absolute atomic E-state index is 0.150. The number of nitrogens with zero attached hydrogens (tertiary/aromatic N) is 1. The van der Waals surface area contributed by atoms with Gasteiger partial charge in [-0.15, -0.1) is 11.8 Å². The summed E-state index contributed by atoms with van der Waals surface area (Å²) in [6.07, 6.45) is -1.06. The molecule has 0 aromatic carbocycles. The number of rotatable bonds is 2. The first kappa shape index (κ1) is 13.8. The van der Waals surface area contributed by atoms with Gasteiger partial charge >= 0.3 is 5.69 Å². The third-order valence-electron chi connectivity index (χ3n) is 2.72. The van der Waals surface area contributed by atoms with E-state index in [-0.39, 0.29) is 11.1 Å². The van der Waals surface area contributed by atoms with E-state index >= 15 is 0 Å². The number of H-pyrrole nitrogens is 1. The highest BCUT2D eigenvalue weighted by Crippen LogP contribution is 2.40. The van der Waals surface area contributed by atoms with Gasteiger partial charge in [-0.25, -0.2) is 4.79 Å². The normalized spacial score (nSPS) is 31.8. The molecule has 1 aromatic rings. The Morgan fingerprint density at radius 1 is 1.39 bits per heavy atom. The lowest BCUT2D eigenvalue weighted by molar-refractivity contribution is 0.0101. The molecule has 1 aliphatic rings. The maximum absolute atomic E-state index is 11.6. The standard InChI is InChI=1S/C9H11BrN2O5S/c10-3-1-12(9(17)11-7(3)16)8-6(15)5(14)4(2-13)18-8/h1,4-6,8,13-15H,2H2,(H,11,16,17)/t4-,5-,6+,8?/m0/s1. The Labute approximate surface area is 114 Å². The Morgan fingerprint density at radius 2 is 2.06 bits per heavy atom. The molecule has 0 bridgehead atoms. The number of thioether (sulfide) groups is 1. The molecule has 4 N–H and O–H groups in total. The summed E-state index contributed by atoms with van der Waals surface area (Å²) in [6.45, 7) is -0.307. The lowest BCUT2D eigenvalue weighted by Gasteiger charge is -2.17. The van der Waals surface area contributed by atoms with Crippen LogP contribution in [-0.4, -0.2) is 48.9 Å². The fourth-order valence-electron chi connectivity index (χ4n) is 1.76. The average Bonchev–Trinajstić information content (AvgIpc) is 2.61. The van der Waals surface area contributed by atoms with Crippen molar-refractivity contribution >= 4 is 27.7 Å². The first-order valence-electron chi connectivity index (χ1n) is 5.09. The first-order chi connectivity index (χ1) is 8.45. The molecule has 0 amide bonds. The number of halogens is 1. The molecule has 1 aromatic heterocycles. The highest BCUT2D eigenvalue weighted by Gasteiger charge is 2.43. The third-order valence-corrected chi connectivity index (χ3v) is 4.84. The summed E-state index contributed by atoms with van der Waals surface area (Å²) in [4.78, 5) is 24.9. The van der Waals surface area contributed by atoms with E-state index in [2.05, 4.69) is 20.9 Å². The molecule has 0 saturated carbocycles. The SMILES string of the molecule is O=c1[nH]c(=O)n(C2S[C@@H](CO)[C@H](O)[C@H]2O)cc1Br. The Bertz CT molecular complexity index is 559. The summed E-state index contributed by atoms with van der Waals surface area (Å²) in [5.41, 5.74) is -1.24. The van der Waals surface area contributed by atoms with Crippen LogP contribution in [0.15, 0.2) is 20.3 Å². The van der Waals surface area contributed by atoms with Crippen molar-refractivity contribution in [1.29, 1.82) is 0 Å². The van der Waals surface area contributed by atoms with E-state index in [4.69, 9.17) is 5.11 Å². The van der Waals surface area contributed by atoms with Gasteiger partial charge in [0, 0.05) is 6.20 Å². The molecule has 0 aliphatic carbocycles. The van der Waals surface area contributed by atoms with Crippen molar-refractivity contribution in [2.45, 2.75) is 22.8 Å². The van der Waals surface area contributed by atoms with Crippen molar-refractivity contribution in [3.63, 3.8) is 0 Å². The Balaban J connectivity index is 2.42. The van der Waals surface area contributed by atoms with Gasteiger partial charge < -0.3 is 15.3 Å². The van der Waals surface area contributed by atoms with Crippen molar-refractivity contribution in [2.75, 3.05) is 6.61 Å². The summed E-state index contributed by atoms with van der Waals surface area (Å²) in [6, 6.07) is 0. The number of aromatic amines is 1. The molecule has 7 nitrogen and oxygen atoms in total. The van der Waals surface area contributed by atoms with Crippen molar-refractivity contribution in [1.82, 2.24) is 9.55 Å². The third kappa shape index (κ3) is 2.28. The van der Waals surface area contributed by atoms with Crippen molar-refractivity contribution in [2.24, 2.45) is 0 Å². The van der Waals surface area contributed by atoms with Crippen molar-refractivity contribution in [3.8, 4) is 0 Å². The van der Waals surface area contributed by atoms with Crippen molar-refractivity contribution in [3.05, 3.63) is 31.5 Å². The number of hydrogen-bond acceptors (Lipinski definition) is 6. The van der Waals surface area contributed by atoms with E-state index in [0.717, 1.165) is 16.3 Å². The second-order valence-electron chi connectivity index (χ2n) is 3.87. The molecule has 9 heteroatoms. The molecule has 4 atom stereocenters. The molecule has 0 spiro atoms. The molecular formula is C9H11BrN2O5S.